The van der Waals surface area contributed by atoms with Gasteiger partial charge < -0.3 is 14.4 Å². The predicted octanol–water partition coefficient (Wildman–Crippen LogP) is 3.39. The summed E-state index contributed by atoms with van der Waals surface area (Å²) in [5.41, 5.74) is -0.666. The Bertz CT molecular complexity index is 603. The molecule has 126 valence electrons. The fraction of sp³-hybridized carbons (Fsp3) is 0.562. The first-order valence-corrected chi connectivity index (χ1v) is 7.65. The molecule has 1 saturated heterocycles. The number of para-hydroxylation sites is 1. The molecule has 0 saturated carbocycles. The summed E-state index contributed by atoms with van der Waals surface area (Å²) in [5.74, 6) is -0.492. The average molecular weight is 329 g/mol. The number of fused-ring (bicyclic) bond motifs is 1. The van der Waals surface area contributed by atoms with Gasteiger partial charge in [0.2, 0.25) is 5.91 Å². The van der Waals surface area contributed by atoms with E-state index < -0.39 is 11.7 Å². The summed E-state index contributed by atoms with van der Waals surface area (Å²) < 4.78 is 50.0. The number of halogens is 3. The van der Waals surface area contributed by atoms with Gasteiger partial charge in [0.1, 0.15) is 6.61 Å². The minimum Gasteiger partial charge on any atom is -0.489 e. The largest absolute Gasteiger partial charge is 0.489 e. The maximum Gasteiger partial charge on any atom is 0.420 e. The van der Waals surface area contributed by atoms with Crippen molar-refractivity contribution in [2.75, 3.05) is 18.1 Å². The Hall–Kier alpha value is -1.76. The number of carbonyl (C=O) groups is 1. The third-order valence-corrected chi connectivity index (χ3v) is 4.18. The highest BCUT2D eigenvalue weighted by atomic mass is 19.4. The number of nitrogens with zero attached hydrogens (tertiary/aromatic N) is 1. The number of benzene rings is 1. The molecule has 1 aromatic carbocycles. The highest BCUT2D eigenvalue weighted by Crippen LogP contribution is 2.43. The topological polar surface area (TPSA) is 38.8 Å². The van der Waals surface area contributed by atoms with Gasteiger partial charge in [0.05, 0.1) is 36.4 Å². The van der Waals surface area contributed by atoms with E-state index in [4.69, 9.17) is 9.47 Å². The molecule has 2 atom stereocenters. The molecule has 0 aromatic heterocycles. The van der Waals surface area contributed by atoms with Gasteiger partial charge in [-0.05, 0) is 31.9 Å². The smallest absolute Gasteiger partial charge is 0.420 e. The Labute approximate surface area is 132 Å². The second kappa shape index (κ2) is 6.03. The zero-order valence-corrected chi connectivity index (χ0v) is 12.7. The summed E-state index contributed by atoms with van der Waals surface area (Å²) in [6, 6.07) is 3.75. The Kier molecular flexibility index (Phi) is 4.23. The number of hydrogen-bond donors (Lipinski definition) is 0. The molecule has 23 heavy (non-hydrogen) atoms. The molecule has 0 radical (unpaired) electrons. The molecule has 3 rings (SSSR count). The first kappa shape index (κ1) is 16.1. The molecule has 0 spiro atoms. The van der Waals surface area contributed by atoms with Crippen molar-refractivity contribution in [1.29, 1.82) is 0 Å². The highest BCUT2D eigenvalue weighted by molar-refractivity contribution is 5.96. The molecular formula is C16H18F3NO3. The van der Waals surface area contributed by atoms with E-state index in [0.29, 0.717) is 0 Å². The van der Waals surface area contributed by atoms with Crippen molar-refractivity contribution < 1.29 is 27.4 Å². The zero-order valence-electron chi connectivity index (χ0n) is 12.7. The molecule has 0 unspecified atom stereocenters. The van der Waals surface area contributed by atoms with E-state index in [1.807, 2.05) is 6.92 Å². The van der Waals surface area contributed by atoms with E-state index in [9.17, 15) is 18.0 Å². The molecule has 4 nitrogen and oxygen atoms in total. The molecule has 1 fully saturated rings. The van der Waals surface area contributed by atoms with Crippen molar-refractivity contribution in [3.63, 3.8) is 0 Å². The number of rotatable bonds is 2. The summed E-state index contributed by atoms with van der Waals surface area (Å²) in [6.07, 6.45) is -2.67. The molecule has 1 amide bonds. The number of alkyl halides is 3. The van der Waals surface area contributed by atoms with E-state index in [1.165, 1.54) is 17.0 Å². The van der Waals surface area contributed by atoms with Gasteiger partial charge in [0, 0.05) is 0 Å². The third kappa shape index (κ3) is 3.29. The zero-order chi connectivity index (χ0) is 16.6. The lowest BCUT2D eigenvalue weighted by atomic mass is 10.1. The number of amides is 1. The number of carbonyl (C=O) groups excluding carboxylic acids is 1. The van der Waals surface area contributed by atoms with Crippen molar-refractivity contribution in [2.24, 2.45) is 0 Å². The SMILES string of the molecule is C[C@@H]1CC[C@@H](CC(=O)N2CCOc3c2cccc3C(F)(F)F)O1. The van der Waals surface area contributed by atoms with Gasteiger partial charge in [0.15, 0.2) is 5.75 Å². The monoisotopic (exact) mass is 329 g/mol. The van der Waals surface area contributed by atoms with Crippen LogP contribution < -0.4 is 9.64 Å². The Morgan fingerprint density at radius 2 is 2.13 bits per heavy atom. The van der Waals surface area contributed by atoms with Crippen molar-refractivity contribution in [2.45, 2.75) is 44.6 Å². The summed E-state index contributed by atoms with van der Waals surface area (Å²) in [7, 11) is 0. The number of anilines is 1. The maximum absolute atomic E-state index is 13.1. The molecule has 0 aliphatic carbocycles. The quantitative estimate of drug-likeness (QED) is 0.835. The van der Waals surface area contributed by atoms with Crippen LogP contribution in [0, 0.1) is 0 Å². The van der Waals surface area contributed by atoms with Gasteiger partial charge in [-0.2, -0.15) is 13.2 Å². The summed E-state index contributed by atoms with van der Waals surface area (Å²) in [5, 5.41) is 0. The molecular weight excluding hydrogens is 311 g/mol. The van der Waals surface area contributed by atoms with Crippen LogP contribution in [0.3, 0.4) is 0 Å². The number of ether oxygens (including phenoxy) is 2. The van der Waals surface area contributed by atoms with Gasteiger partial charge >= 0.3 is 6.18 Å². The van der Waals surface area contributed by atoms with Crippen LogP contribution in [0.1, 0.15) is 31.7 Å². The molecule has 0 bridgehead atoms. The first-order valence-electron chi connectivity index (χ1n) is 7.65. The average Bonchev–Trinajstić information content (AvgIpc) is 2.90. The van der Waals surface area contributed by atoms with Crippen LogP contribution in [0.4, 0.5) is 18.9 Å². The maximum atomic E-state index is 13.1. The van der Waals surface area contributed by atoms with Crippen molar-refractivity contribution in [3.05, 3.63) is 23.8 Å². The van der Waals surface area contributed by atoms with Gasteiger partial charge in [-0.25, -0.2) is 0 Å². The minimum atomic E-state index is -4.51. The lowest BCUT2D eigenvalue weighted by Gasteiger charge is -2.31. The molecule has 2 heterocycles. The second-order valence-corrected chi connectivity index (χ2v) is 5.90. The third-order valence-electron chi connectivity index (χ3n) is 4.18. The summed E-state index contributed by atoms with van der Waals surface area (Å²) >= 11 is 0. The van der Waals surface area contributed by atoms with Crippen molar-refractivity contribution >= 4 is 11.6 Å². The molecule has 1 aromatic rings. The van der Waals surface area contributed by atoms with E-state index in [2.05, 4.69) is 0 Å². The minimum absolute atomic E-state index is 0.0494. The molecule has 2 aliphatic rings. The molecule has 0 N–H and O–H groups in total. The van der Waals surface area contributed by atoms with Crippen LogP contribution in [-0.4, -0.2) is 31.3 Å². The lowest BCUT2D eigenvalue weighted by Crippen LogP contribution is -2.40. The fourth-order valence-corrected chi connectivity index (χ4v) is 3.07. The van der Waals surface area contributed by atoms with Gasteiger partial charge in [0.25, 0.3) is 0 Å². The molecule has 7 heteroatoms. The number of hydrogen-bond acceptors (Lipinski definition) is 3. The predicted molar refractivity (Wildman–Crippen MR) is 77.5 cm³/mol. The molecule has 2 aliphatic heterocycles. The normalized spacial score (nSPS) is 24.3. The van der Waals surface area contributed by atoms with Gasteiger partial charge in [-0.1, -0.05) is 6.07 Å². The van der Waals surface area contributed by atoms with Crippen LogP contribution in [0.5, 0.6) is 5.75 Å². The van der Waals surface area contributed by atoms with E-state index in [0.717, 1.165) is 18.9 Å². The Balaban J connectivity index is 1.83. The summed E-state index contributed by atoms with van der Waals surface area (Å²) in [6.45, 7) is 2.24. The Morgan fingerprint density at radius 1 is 1.35 bits per heavy atom. The Morgan fingerprint density at radius 3 is 2.78 bits per heavy atom. The van der Waals surface area contributed by atoms with Crippen LogP contribution in [0.15, 0.2) is 18.2 Å². The van der Waals surface area contributed by atoms with E-state index in [1.54, 1.807) is 0 Å². The van der Waals surface area contributed by atoms with E-state index >= 15 is 0 Å². The van der Waals surface area contributed by atoms with Crippen LogP contribution in [-0.2, 0) is 15.7 Å². The standard InChI is InChI=1S/C16H18F3NO3/c1-10-5-6-11(23-10)9-14(21)20-7-8-22-15-12(16(17,18)19)3-2-4-13(15)20/h2-4,10-11H,5-9H2,1H3/t10-,11+/m1/s1. The lowest BCUT2D eigenvalue weighted by molar-refractivity contribution is -0.139. The summed E-state index contributed by atoms with van der Waals surface area (Å²) in [4.78, 5) is 13.9. The van der Waals surface area contributed by atoms with E-state index in [-0.39, 0.29) is 49.1 Å². The van der Waals surface area contributed by atoms with Crippen LogP contribution >= 0.6 is 0 Å². The second-order valence-electron chi connectivity index (χ2n) is 5.90. The fourth-order valence-electron chi connectivity index (χ4n) is 3.07. The van der Waals surface area contributed by atoms with Crippen LogP contribution in [0.25, 0.3) is 0 Å². The van der Waals surface area contributed by atoms with Gasteiger partial charge in [-0.3, -0.25) is 4.79 Å². The van der Waals surface area contributed by atoms with Crippen molar-refractivity contribution in [3.8, 4) is 5.75 Å². The van der Waals surface area contributed by atoms with Crippen LogP contribution in [0.2, 0.25) is 0 Å². The first-order chi connectivity index (χ1) is 10.9. The van der Waals surface area contributed by atoms with Crippen molar-refractivity contribution in [1.82, 2.24) is 0 Å². The highest BCUT2D eigenvalue weighted by Gasteiger charge is 2.38. The van der Waals surface area contributed by atoms with Gasteiger partial charge in [-0.15, -0.1) is 0 Å².